The summed E-state index contributed by atoms with van der Waals surface area (Å²) in [4.78, 5) is 26.5. The summed E-state index contributed by atoms with van der Waals surface area (Å²) >= 11 is 0. The van der Waals surface area contributed by atoms with Crippen LogP contribution in [-0.2, 0) is 10.0 Å². The van der Waals surface area contributed by atoms with Crippen LogP contribution in [0, 0.1) is 0 Å². The Bertz CT molecular complexity index is 1460. The summed E-state index contributed by atoms with van der Waals surface area (Å²) in [6.07, 6.45) is 5.37. The highest BCUT2D eigenvalue weighted by atomic mass is 32.2. The molecule has 2 aliphatic rings. The van der Waals surface area contributed by atoms with Crippen molar-refractivity contribution in [2.24, 2.45) is 5.73 Å². The van der Waals surface area contributed by atoms with Crippen LogP contribution in [0.4, 0.5) is 26.1 Å². The summed E-state index contributed by atoms with van der Waals surface area (Å²) in [5, 5.41) is 16.4. The monoisotopic (exact) mass is 562 g/mol. The van der Waals surface area contributed by atoms with Crippen LogP contribution in [0.3, 0.4) is 0 Å². The Labute approximate surface area is 223 Å². The molecule has 5 rings (SSSR count). The third-order valence-corrected chi connectivity index (χ3v) is 8.87. The largest absolute Gasteiger partial charge is 0.393 e. The molecule has 1 amide bonds. The minimum absolute atomic E-state index is 0.0000142. The number of aliphatic hydroxyl groups is 1. The van der Waals surface area contributed by atoms with Gasteiger partial charge in [0.15, 0.2) is 5.82 Å². The van der Waals surface area contributed by atoms with Crippen molar-refractivity contribution in [1.82, 2.24) is 24.1 Å². The molecule has 39 heavy (non-hydrogen) atoms. The maximum absolute atomic E-state index is 13.6. The number of anilines is 3. The average molecular weight is 563 g/mol. The van der Waals surface area contributed by atoms with Crippen LogP contribution in [-0.4, -0.2) is 73.9 Å². The molecule has 3 aromatic rings. The molecule has 0 bridgehead atoms. The minimum Gasteiger partial charge on any atom is -0.393 e. The van der Waals surface area contributed by atoms with Crippen molar-refractivity contribution in [3.63, 3.8) is 0 Å². The first kappa shape index (κ1) is 26.9. The maximum Gasteiger partial charge on any atom is 0.256 e. The van der Waals surface area contributed by atoms with Crippen LogP contribution < -0.4 is 16.0 Å². The number of aliphatic hydroxyl groups excluding tert-OH is 1. The van der Waals surface area contributed by atoms with Crippen LogP contribution in [0.5, 0.6) is 0 Å². The van der Waals surface area contributed by atoms with Gasteiger partial charge in [-0.1, -0.05) is 0 Å². The van der Waals surface area contributed by atoms with E-state index in [1.54, 1.807) is 6.07 Å². The standard InChI is InChI=1S/C24H28F2N8O4S/c25-20(26)13-33(15-1-3-16(35)4-2-15)19-9-22(29-11-18(19)23(27)36)31-21-7-8-28-24(32-21)14-10-30-34(12-14)39(37,38)17-5-6-17/h7-12,15-17,20,35H,1-6,13H2,(H2,27,36)(H,28,29,31,32). The number of hydrogen-bond donors (Lipinski definition) is 3. The molecule has 2 fully saturated rings. The van der Waals surface area contributed by atoms with Crippen molar-refractivity contribution in [2.45, 2.75) is 62.3 Å². The SMILES string of the molecule is NC(=O)c1cnc(Nc2ccnc(-c3cnn(S(=O)(=O)C4CC4)c3)n2)cc1N(CC(F)F)C1CCC(O)CC1. The van der Waals surface area contributed by atoms with Gasteiger partial charge in [0.05, 0.1) is 47.1 Å². The Morgan fingerprint density at radius 3 is 2.56 bits per heavy atom. The fourth-order valence-corrected chi connectivity index (χ4v) is 6.16. The fourth-order valence-electron chi connectivity index (χ4n) is 4.68. The van der Waals surface area contributed by atoms with Gasteiger partial charge in [0.2, 0.25) is 0 Å². The number of nitrogens with two attached hydrogens (primary N) is 1. The predicted molar refractivity (Wildman–Crippen MR) is 138 cm³/mol. The summed E-state index contributed by atoms with van der Waals surface area (Å²) in [5.41, 5.74) is 6.15. The number of nitrogens with one attached hydrogen (secondary N) is 1. The molecule has 12 nitrogen and oxygen atoms in total. The highest BCUT2D eigenvalue weighted by molar-refractivity contribution is 7.90. The van der Waals surface area contributed by atoms with Crippen molar-refractivity contribution in [3.05, 3.63) is 42.5 Å². The topological polar surface area (TPSA) is 169 Å². The van der Waals surface area contributed by atoms with Crippen LogP contribution in [0.25, 0.3) is 11.4 Å². The molecule has 3 heterocycles. The fraction of sp³-hybridized carbons (Fsp3) is 0.458. The Morgan fingerprint density at radius 1 is 1.15 bits per heavy atom. The van der Waals surface area contributed by atoms with E-state index in [1.807, 2.05) is 0 Å². The van der Waals surface area contributed by atoms with E-state index in [9.17, 15) is 27.1 Å². The van der Waals surface area contributed by atoms with Crippen LogP contribution >= 0.6 is 0 Å². The van der Waals surface area contributed by atoms with Gasteiger partial charge in [-0.15, -0.1) is 0 Å². The quantitative estimate of drug-likeness (QED) is 0.333. The van der Waals surface area contributed by atoms with Gasteiger partial charge in [0, 0.05) is 24.5 Å². The zero-order chi connectivity index (χ0) is 27.7. The average Bonchev–Trinajstić information content (AvgIpc) is 3.65. The lowest BCUT2D eigenvalue weighted by Crippen LogP contribution is -2.43. The van der Waals surface area contributed by atoms with Crippen molar-refractivity contribution in [3.8, 4) is 11.4 Å². The van der Waals surface area contributed by atoms with Crippen molar-refractivity contribution in [2.75, 3.05) is 16.8 Å². The molecule has 2 aliphatic carbocycles. The number of hydrogen-bond acceptors (Lipinski definition) is 10. The number of halogens is 2. The molecule has 15 heteroatoms. The second-order valence-corrected chi connectivity index (χ2v) is 11.8. The Kier molecular flexibility index (Phi) is 7.44. The molecule has 0 saturated heterocycles. The van der Waals surface area contributed by atoms with Gasteiger partial charge < -0.3 is 21.1 Å². The molecule has 0 spiro atoms. The second kappa shape index (κ2) is 10.8. The molecule has 3 aromatic heterocycles. The van der Waals surface area contributed by atoms with Crippen molar-refractivity contribution >= 4 is 33.3 Å². The summed E-state index contributed by atoms with van der Waals surface area (Å²) < 4.78 is 53.1. The van der Waals surface area contributed by atoms with Gasteiger partial charge in [-0.05, 0) is 44.6 Å². The third kappa shape index (κ3) is 5.98. The highest BCUT2D eigenvalue weighted by Gasteiger charge is 2.37. The van der Waals surface area contributed by atoms with Crippen molar-refractivity contribution < 1.29 is 27.1 Å². The van der Waals surface area contributed by atoms with E-state index in [1.165, 1.54) is 35.8 Å². The lowest BCUT2D eigenvalue weighted by atomic mass is 9.91. The van der Waals surface area contributed by atoms with Gasteiger partial charge in [-0.3, -0.25) is 4.79 Å². The molecule has 208 valence electrons. The van der Waals surface area contributed by atoms with Gasteiger partial charge in [0.1, 0.15) is 11.6 Å². The third-order valence-electron chi connectivity index (χ3n) is 6.84. The second-order valence-electron chi connectivity index (χ2n) is 9.69. The Balaban J connectivity index is 1.42. The van der Waals surface area contributed by atoms with E-state index in [-0.39, 0.29) is 28.9 Å². The van der Waals surface area contributed by atoms with E-state index in [0.717, 1.165) is 4.09 Å². The normalized spacial score (nSPS) is 19.7. The number of aromatic nitrogens is 5. The molecular formula is C24H28F2N8O4S. The molecular weight excluding hydrogens is 534 g/mol. The molecule has 2 saturated carbocycles. The highest BCUT2D eigenvalue weighted by Crippen LogP contribution is 2.33. The Hall–Kier alpha value is -3.72. The van der Waals surface area contributed by atoms with E-state index < -0.39 is 40.3 Å². The molecule has 0 radical (unpaired) electrons. The zero-order valence-corrected chi connectivity index (χ0v) is 21.6. The number of carbonyl (C=O) groups is 1. The number of carbonyl (C=O) groups excluding carboxylic acids is 1. The Morgan fingerprint density at radius 2 is 1.90 bits per heavy atom. The first-order valence-corrected chi connectivity index (χ1v) is 14.0. The van der Waals surface area contributed by atoms with Gasteiger partial charge in [-0.2, -0.15) is 9.19 Å². The summed E-state index contributed by atoms with van der Waals surface area (Å²) in [7, 11) is -3.54. The molecule has 0 atom stereocenters. The van der Waals surface area contributed by atoms with Gasteiger partial charge in [-0.25, -0.2) is 32.2 Å². The van der Waals surface area contributed by atoms with E-state index in [2.05, 4.69) is 25.4 Å². The van der Waals surface area contributed by atoms with E-state index in [0.29, 0.717) is 49.9 Å². The lowest BCUT2D eigenvalue weighted by molar-refractivity contribution is 0.0996. The van der Waals surface area contributed by atoms with E-state index in [4.69, 9.17) is 5.73 Å². The molecule has 0 aliphatic heterocycles. The lowest BCUT2D eigenvalue weighted by Gasteiger charge is -2.38. The van der Waals surface area contributed by atoms with E-state index >= 15 is 0 Å². The minimum atomic E-state index is -3.54. The summed E-state index contributed by atoms with van der Waals surface area (Å²) in [5.74, 6) is -0.0704. The smallest absolute Gasteiger partial charge is 0.256 e. The van der Waals surface area contributed by atoms with Crippen LogP contribution in [0.15, 0.2) is 36.9 Å². The predicted octanol–water partition coefficient (Wildman–Crippen LogP) is 2.29. The van der Waals surface area contributed by atoms with Crippen LogP contribution in [0.1, 0.15) is 48.9 Å². The number of nitrogens with zero attached hydrogens (tertiary/aromatic N) is 6. The van der Waals surface area contributed by atoms with Gasteiger partial charge in [0.25, 0.3) is 22.4 Å². The van der Waals surface area contributed by atoms with Crippen LogP contribution in [0.2, 0.25) is 0 Å². The molecule has 0 aromatic carbocycles. The summed E-state index contributed by atoms with van der Waals surface area (Å²) in [6.45, 7) is -0.615. The number of primary amides is 1. The van der Waals surface area contributed by atoms with Crippen molar-refractivity contribution in [1.29, 1.82) is 0 Å². The maximum atomic E-state index is 13.6. The number of alkyl halides is 2. The molecule has 0 unspecified atom stereocenters. The summed E-state index contributed by atoms with van der Waals surface area (Å²) in [6, 6.07) is 2.71. The first-order valence-electron chi connectivity index (χ1n) is 12.5. The number of pyridine rings is 1. The first-order chi connectivity index (χ1) is 18.6. The zero-order valence-electron chi connectivity index (χ0n) is 20.8. The number of rotatable bonds is 10. The number of amides is 1. The molecule has 4 N–H and O–H groups in total. The van der Waals surface area contributed by atoms with Gasteiger partial charge >= 0.3 is 0 Å².